The highest BCUT2D eigenvalue weighted by atomic mass is 35.5. The number of nitrogens with two attached hydrogens (primary N) is 1. The van der Waals surface area contributed by atoms with Crippen LogP contribution in [0.3, 0.4) is 0 Å². The minimum absolute atomic E-state index is 0.0260. The summed E-state index contributed by atoms with van der Waals surface area (Å²) >= 11 is 5.54. The molecule has 0 bridgehead atoms. The van der Waals surface area contributed by atoms with Gasteiger partial charge in [0.25, 0.3) is 10.1 Å². The van der Waals surface area contributed by atoms with Crippen LogP contribution in [-0.2, 0) is 10.1 Å². The third-order valence-electron chi connectivity index (χ3n) is 2.65. The molecule has 1 heterocycles. The van der Waals surface area contributed by atoms with Crippen LogP contribution in [0.1, 0.15) is 16.7 Å². The quantitative estimate of drug-likeness (QED) is 0.477. The number of nitrogens with zero attached hydrogens (tertiary/aromatic N) is 1. The van der Waals surface area contributed by atoms with E-state index < -0.39 is 10.1 Å². The van der Waals surface area contributed by atoms with Crippen molar-refractivity contribution in [1.82, 2.24) is 0 Å². The Morgan fingerprint density at radius 2 is 1.71 bits per heavy atom. The molecule has 0 unspecified atom stereocenters. The summed E-state index contributed by atoms with van der Waals surface area (Å²) in [6, 6.07) is 7.01. The van der Waals surface area contributed by atoms with E-state index in [-0.39, 0.29) is 4.90 Å². The fourth-order valence-electron chi connectivity index (χ4n) is 2.04. The van der Waals surface area contributed by atoms with Crippen LogP contribution >= 0.6 is 11.6 Å². The van der Waals surface area contributed by atoms with Crippen LogP contribution in [0.25, 0.3) is 0 Å². The minimum Gasteiger partial charge on any atom is -0.282 e. The molecule has 0 aliphatic carbocycles. The van der Waals surface area contributed by atoms with Crippen molar-refractivity contribution in [2.45, 2.75) is 25.7 Å². The molecule has 0 aliphatic rings. The summed E-state index contributed by atoms with van der Waals surface area (Å²) in [5, 5.41) is 0.648. The lowest BCUT2D eigenvalue weighted by Gasteiger charge is -2.07. The van der Waals surface area contributed by atoms with E-state index in [1.54, 1.807) is 50.5 Å². The normalized spacial score (nSPS) is 10.7. The molecule has 0 spiro atoms. The van der Waals surface area contributed by atoms with Gasteiger partial charge in [-0.25, -0.2) is 5.84 Å². The SMILES string of the molecule is Cc1cc(C)c(S(=O)(=O)O)c(C)c1.N[n+]1cccc(Cl)c1. The van der Waals surface area contributed by atoms with Crippen LogP contribution in [-0.4, -0.2) is 13.0 Å². The number of halogens is 1. The van der Waals surface area contributed by atoms with E-state index >= 15 is 0 Å². The molecule has 2 aromatic rings. The number of aryl methyl sites for hydroxylation is 3. The van der Waals surface area contributed by atoms with E-state index in [4.69, 9.17) is 22.0 Å². The monoisotopic (exact) mass is 329 g/mol. The Morgan fingerprint density at radius 3 is 2.05 bits per heavy atom. The van der Waals surface area contributed by atoms with E-state index in [9.17, 15) is 8.42 Å². The smallest absolute Gasteiger partial charge is 0.282 e. The third kappa shape index (κ3) is 5.34. The Hall–Kier alpha value is -1.63. The molecule has 0 radical (unpaired) electrons. The molecule has 0 fully saturated rings. The fourth-order valence-corrected chi connectivity index (χ4v) is 3.15. The standard InChI is InChI=1S/C9H12O3S.C5H6ClN2/c1-6-4-7(2)9(8(3)5-6)13(10,11)12;6-5-2-1-3-8(7)4-5/h4-5H,1-3H3,(H,10,11,12);1-4H,7H2/q;+1. The van der Waals surface area contributed by atoms with Gasteiger partial charge in [0, 0.05) is 6.07 Å². The van der Waals surface area contributed by atoms with Gasteiger partial charge in [0.15, 0.2) is 6.20 Å². The van der Waals surface area contributed by atoms with E-state index in [1.807, 2.05) is 6.92 Å². The van der Waals surface area contributed by atoms with Gasteiger partial charge in [0.1, 0.15) is 5.02 Å². The van der Waals surface area contributed by atoms with E-state index in [0.29, 0.717) is 16.1 Å². The summed E-state index contributed by atoms with van der Waals surface area (Å²) in [6.07, 6.45) is 3.34. The summed E-state index contributed by atoms with van der Waals surface area (Å²) in [6.45, 7) is 5.22. The molecule has 2 rings (SSSR count). The Balaban J connectivity index is 0.000000235. The third-order valence-corrected chi connectivity index (χ3v) is 4.03. The number of hydrogen-bond acceptors (Lipinski definition) is 3. The van der Waals surface area contributed by atoms with Crippen molar-refractivity contribution in [3.63, 3.8) is 0 Å². The number of nitrogen functional groups attached to an aromatic ring is 1. The molecule has 114 valence electrons. The molecular weight excluding hydrogens is 312 g/mol. The second kappa shape index (κ2) is 6.89. The molecule has 0 atom stereocenters. The highest BCUT2D eigenvalue weighted by molar-refractivity contribution is 7.86. The van der Waals surface area contributed by atoms with E-state index in [1.165, 1.54) is 4.68 Å². The molecular formula is C14H18ClN2O3S+. The second-order valence-electron chi connectivity index (χ2n) is 4.67. The van der Waals surface area contributed by atoms with Crippen LogP contribution < -0.4 is 10.5 Å². The van der Waals surface area contributed by atoms with Crippen molar-refractivity contribution < 1.29 is 17.6 Å². The molecule has 0 saturated heterocycles. The van der Waals surface area contributed by atoms with Crippen molar-refractivity contribution in [2.24, 2.45) is 0 Å². The minimum atomic E-state index is -4.08. The number of hydrogen-bond donors (Lipinski definition) is 2. The van der Waals surface area contributed by atoms with Gasteiger partial charge in [-0.15, -0.1) is 0 Å². The second-order valence-corrected chi connectivity index (χ2v) is 6.47. The molecule has 3 N–H and O–H groups in total. The van der Waals surface area contributed by atoms with Crippen LogP contribution in [0.4, 0.5) is 0 Å². The van der Waals surface area contributed by atoms with Gasteiger partial charge >= 0.3 is 0 Å². The van der Waals surface area contributed by atoms with Gasteiger partial charge in [-0.2, -0.15) is 8.42 Å². The van der Waals surface area contributed by atoms with E-state index in [2.05, 4.69) is 0 Å². The molecule has 21 heavy (non-hydrogen) atoms. The van der Waals surface area contributed by atoms with Crippen LogP contribution in [0.15, 0.2) is 41.6 Å². The highest BCUT2D eigenvalue weighted by Crippen LogP contribution is 2.20. The van der Waals surface area contributed by atoms with Gasteiger partial charge in [0.2, 0.25) is 6.20 Å². The molecule has 1 aromatic carbocycles. The summed E-state index contributed by atoms with van der Waals surface area (Å²) in [5.41, 5.74) is 2.16. The number of aromatic nitrogens is 1. The summed E-state index contributed by atoms with van der Waals surface area (Å²) in [7, 11) is -4.08. The Labute approximate surface area is 129 Å². The first-order valence-electron chi connectivity index (χ1n) is 6.08. The van der Waals surface area contributed by atoms with E-state index in [0.717, 1.165) is 5.56 Å². The Kier molecular flexibility index (Phi) is 5.71. The molecule has 1 aromatic heterocycles. The van der Waals surface area contributed by atoms with Gasteiger partial charge in [0.05, 0.1) is 4.90 Å². The topological polar surface area (TPSA) is 84.3 Å². The van der Waals surface area contributed by atoms with Crippen molar-refractivity contribution in [1.29, 1.82) is 0 Å². The summed E-state index contributed by atoms with van der Waals surface area (Å²) in [5.74, 6) is 5.29. The van der Waals surface area contributed by atoms with Crippen LogP contribution in [0.2, 0.25) is 5.02 Å². The zero-order valence-corrected chi connectivity index (χ0v) is 13.6. The van der Waals surface area contributed by atoms with Crippen molar-refractivity contribution in [2.75, 3.05) is 5.84 Å². The highest BCUT2D eigenvalue weighted by Gasteiger charge is 2.15. The lowest BCUT2D eigenvalue weighted by atomic mass is 10.1. The predicted octanol–water partition coefficient (Wildman–Crippen LogP) is 2.20. The van der Waals surface area contributed by atoms with Crippen LogP contribution in [0, 0.1) is 20.8 Å². The zero-order valence-electron chi connectivity index (χ0n) is 12.0. The number of pyridine rings is 1. The maximum atomic E-state index is 10.9. The van der Waals surface area contributed by atoms with Gasteiger partial charge in [-0.05, 0) is 38.0 Å². The average molecular weight is 330 g/mol. The van der Waals surface area contributed by atoms with Crippen molar-refractivity contribution >= 4 is 21.7 Å². The Morgan fingerprint density at radius 1 is 1.19 bits per heavy atom. The maximum Gasteiger partial charge on any atom is 0.295 e. The van der Waals surface area contributed by atoms with Crippen molar-refractivity contribution in [3.05, 3.63) is 58.4 Å². The van der Waals surface area contributed by atoms with Gasteiger partial charge in [-0.1, -0.05) is 34.0 Å². The average Bonchev–Trinajstić information content (AvgIpc) is 2.25. The first-order chi connectivity index (χ1) is 9.61. The predicted molar refractivity (Wildman–Crippen MR) is 82.3 cm³/mol. The molecule has 0 aliphatic heterocycles. The number of rotatable bonds is 1. The fraction of sp³-hybridized carbons (Fsp3) is 0.214. The Bertz CT molecular complexity index is 705. The van der Waals surface area contributed by atoms with Gasteiger partial charge < -0.3 is 0 Å². The first-order valence-corrected chi connectivity index (χ1v) is 7.90. The lowest BCUT2D eigenvalue weighted by Crippen LogP contribution is -2.43. The molecule has 7 heteroatoms. The summed E-state index contributed by atoms with van der Waals surface area (Å²) < 4.78 is 32.2. The largest absolute Gasteiger partial charge is 0.295 e. The van der Waals surface area contributed by atoms with Gasteiger partial charge in [-0.3, -0.25) is 4.55 Å². The summed E-state index contributed by atoms with van der Waals surface area (Å²) in [4.78, 5) is 0.0260. The molecule has 5 nitrogen and oxygen atoms in total. The van der Waals surface area contributed by atoms with Crippen LogP contribution in [0.5, 0.6) is 0 Å². The molecule has 0 amide bonds. The molecule has 0 saturated carbocycles. The zero-order chi connectivity index (χ0) is 16.2. The lowest BCUT2D eigenvalue weighted by molar-refractivity contribution is -0.638. The first kappa shape index (κ1) is 17.4. The maximum absolute atomic E-state index is 10.9. The van der Waals surface area contributed by atoms with Crippen molar-refractivity contribution in [3.8, 4) is 0 Å². The number of benzene rings is 1.